The Kier molecular flexibility index (Phi) is 6.56. The van der Waals surface area contributed by atoms with Gasteiger partial charge in [0.1, 0.15) is 5.82 Å². The van der Waals surface area contributed by atoms with Crippen molar-refractivity contribution in [3.63, 3.8) is 0 Å². The number of aromatic nitrogens is 2. The summed E-state index contributed by atoms with van der Waals surface area (Å²) < 4.78 is 24.6. The maximum absolute atomic E-state index is 13.0. The zero-order valence-corrected chi connectivity index (χ0v) is 19.8. The van der Waals surface area contributed by atoms with Gasteiger partial charge in [0.15, 0.2) is 9.84 Å². The average molecular weight is 468 g/mol. The van der Waals surface area contributed by atoms with Crippen molar-refractivity contribution >= 4 is 15.7 Å². The van der Waals surface area contributed by atoms with Crippen LogP contribution in [0.1, 0.15) is 29.5 Å². The molecule has 1 fully saturated rings. The molecule has 1 aliphatic heterocycles. The third kappa shape index (κ3) is 5.27. The Bertz CT molecular complexity index is 1340. The van der Waals surface area contributed by atoms with Gasteiger partial charge in [0.2, 0.25) is 0 Å². The number of hydrogen-bond donors (Lipinski definition) is 1. The molecule has 2 aromatic carbocycles. The van der Waals surface area contributed by atoms with Crippen LogP contribution in [0.5, 0.6) is 0 Å². The van der Waals surface area contributed by atoms with E-state index in [1.165, 1.54) is 18.9 Å². The van der Waals surface area contributed by atoms with Crippen molar-refractivity contribution in [1.82, 2.24) is 9.55 Å². The molecule has 0 bridgehead atoms. The van der Waals surface area contributed by atoms with Crippen LogP contribution in [-0.4, -0.2) is 37.3 Å². The van der Waals surface area contributed by atoms with Crippen molar-refractivity contribution in [2.45, 2.75) is 30.6 Å². The highest BCUT2D eigenvalue weighted by atomic mass is 32.2. The average Bonchev–Trinajstić information content (AvgIpc) is 2.80. The number of aromatic amines is 1. The first-order valence-electron chi connectivity index (χ1n) is 11.1. The van der Waals surface area contributed by atoms with Gasteiger partial charge in [-0.25, -0.2) is 13.2 Å². The topological polar surface area (TPSA) is 92.2 Å². The van der Waals surface area contributed by atoms with Gasteiger partial charge in [-0.3, -0.25) is 14.3 Å². The summed E-state index contributed by atoms with van der Waals surface area (Å²) >= 11 is 0. The van der Waals surface area contributed by atoms with E-state index in [4.69, 9.17) is 0 Å². The maximum atomic E-state index is 13.0. The van der Waals surface area contributed by atoms with E-state index in [-0.39, 0.29) is 10.5 Å². The van der Waals surface area contributed by atoms with Crippen LogP contribution < -0.4 is 16.1 Å². The zero-order valence-electron chi connectivity index (χ0n) is 19.0. The monoisotopic (exact) mass is 467 g/mol. The summed E-state index contributed by atoms with van der Waals surface area (Å²) in [6.45, 7) is 1.53. The van der Waals surface area contributed by atoms with Crippen LogP contribution in [0.3, 0.4) is 0 Å². The number of benzene rings is 2. The molecule has 7 nitrogen and oxygen atoms in total. The second-order valence-corrected chi connectivity index (χ2v) is 10.9. The van der Waals surface area contributed by atoms with Crippen LogP contribution in [0.4, 0.5) is 5.82 Å². The lowest BCUT2D eigenvalue weighted by atomic mass is 9.90. The molecule has 8 heteroatoms. The zero-order chi connectivity index (χ0) is 23.6. The minimum atomic E-state index is -3.29. The second kappa shape index (κ2) is 9.39. The summed E-state index contributed by atoms with van der Waals surface area (Å²) in [5.74, 6) is 1.14. The normalized spacial score (nSPS) is 15.0. The van der Waals surface area contributed by atoms with Crippen LogP contribution in [-0.2, 0) is 29.7 Å². The number of rotatable bonds is 6. The fraction of sp³-hybridized carbons (Fsp3) is 0.360. The van der Waals surface area contributed by atoms with Crippen molar-refractivity contribution in [2.75, 3.05) is 24.2 Å². The van der Waals surface area contributed by atoms with Gasteiger partial charge < -0.3 is 4.90 Å². The molecule has 33 heavy (non-hydrogen) atoms. The van der Waals surface area contributed by atoms with E-state index >= 15 is 0 Å². The smallest absolute Gasteiger partial charge is 0.329 e. The highest BCUT2D eigenvalue weighted by Crippen LogP contribution is 2.26. The van der Waals surface area contributed by atoms with Gasteiger partial charge >= 0.3 is 5.69 Å². The Balaban J connectivity index is 1.56. The lowest BCUT2D eigenvalue weighted by Gasteiger charge is -2.34. The number of sulfone groups is 1. The molecule has 1 aliphatic rings. The molecule has 174 valence electrons. The maximum Gasteiger partial charge on any atom is 0.329 e. The molecule has 0 radical (unpaired) electrons. The van der Waals surface area contributed by atoms with Gasteiger partial charge in [-0.1, -0.05) is 42.5 Å². The van der Waals surface area contributed by atoms with Gasteiger partial charge in [0, 0.05) is 32.8 Å². The van der Waals surface area contributed by atoms with Gasteiger partial charge in [0.25, 0.3) is 5.56 Å². The number of anilines is 1. The molecule has 3 aromatic rings. The van der Waals surface area contributed by atoms with E-state index in [1.807, 2.05) is 6.07 Å². The predicted molar refractivity (Wildman–Crippen MR) is 130 cm³/mol. The molecule has 2 heterocycles. The van der Waals surface area contributed by atoms with Crippen LogP contribution >= 0.6 is 0 Å². The van der Waals surface area contributed by atoms with Gasteiger partial charge in [0.05, 0.1) is 10.5 Å². The summed E-state index contributed by atoms with van der Waals surface area (Å²) in [5.41, 5.74) is 1.90. The molecule has 0 aliphatic carbocycles. The van der Waals surface area contributed by atoms with Crippen molar-refractivity contribution in [3.8, 4) is 0 Å². The molecule has 0 amide bonds. The second-order valence-electron chi connectivity index (χ2n) is 8.83. The molecular formula is C25H29N3O4S. The van der Waals surface area contributed by atoms with Crippen LogP contribution in [0.15, 0.2) is 69.1 Å². The Morgan fingerprint density at radius 1 is 0.939 bits per heavy atom. The standard InChI is InChI=1S/C25H29N3O4S/c1-27-24(29)22(17-19-8-10-21(11-9-19)33(2,31)32)23(26-25(27)30)28-14-12-20(13-15-28)16-18-6-4-3-5-7-18/h3-11,20H,12-17H2,1-2H3,(H,26,30). The van der Waals surface area contributed by atoms with E-state index in [2.05, 4.69) is 34.1 Å². The fourth-order valence-corrected chi connectivity index (χ4v) is 5.08. The molecule has 1 aromatic heterocycles. The quantitative estimate of drug-likeness (QED) is 0.602. The molecule has 0 unspecified atom stereocenters. The number of hydrogen-bond acceptors (Lipinski definition) is 5. The lowest BCUT2D eigenvalue weighted by molar-refractivity contribution is 0.401. The van der Waals surface area contributed by atoms with Crippen molar-refractivity contribution in [3.05, 3.63) is 92.1 Å². The van der Waals surface area contributed by atoms with Gasteiger partial charge in [-0.2, -0.15) is 0 Å². The van der Waals surface area contributed by atoms with Gasteiger partial charge in [-0.15, -0.1) is 0 Å². The highest BCUT2D eigenvalue weighted by Gasteiger charge is 2.24. The van der Waals surface area contributed by atoms with Crippen LogP contribution in [0, 0.1) is 5.92 Å². The summed E-state index contributed by atoms with van der Waals surface area (Å²) in [5, 5.41) is 0. The van der Waals surface area contributed by atoms with Crippen molar-refractivity contribution in [1.29, 1.82) is 0 Å². The Morgan fingerprint density at radius 2 is 1.58 bits per heavy atom. The largest absolute Gasteiger partial charge is 0.358 e. The Hall–Kier alpha value is -3.13. The Morgan fingerprint density at radius 3 is 2.18 bits per heavy atom. The third-order valence-corrected chi connectivity index (χ3v) is 7.54. The van der Waals surface area contributed by atoms with E-state index in [0.29, 0.717) is 23.7 Å². The minimum Gasteiger partial charge on any atom is -0.358 e. The molecular weight excluding hydrogens is 438 g/mol. The molecule has 0 spiro atoms. The minimum absolute atomic E-state index is 0.237. The summed E-state index contributed by atoms with van der Waals surface area (Å²) in [7, 11) is -1.82. The lowest BCUT2D eigenvalue weighted by Crippen LogP contribution is -2.42. The number of nitrogens with zero attached hydrogens (tertiary/aromatic N) is 2. The molecule has 4 rings (SSSR count). The van der Waals surface area contributed by atoms with E-state index in [9.17, 15) is 18.0 Å². The summed E-state index contributed by atoms with van der Waals surface area (Å²) in [6.07, 6.45) is 4.47. The molecule has 0 atom stereocenters. The van der Waals surface area contributed by atoms with Crippen molar-refractivity contribution in [2.24, 2.45) is 13.0 Å². The molecule has 0 saturated carbocycles. The van der Waals surface area contributed by atoms with E-state index in [0.717, 1.165) is 42.5 Å². The number of H-pyrrole nitrogens is 1. The number of piperidine rings is 1. The van der Waals surface area contributed by atoms with Crippen LogP contribution in [0.2, 0.25) is 0 Å². The first kappa shape index (κ1) is 23.0. The first-order valence-corrected chi connectivity index (χ1v) is 13.0. The molecule has 1 N–H and O–H groups in total. The Labute approximate surface area is 193 Å². The highest BCUT2D eigenvalue weighted by molar-refractivity contribution is 7.90. The SMILES string of the molecule is Cn1c(=O)[nH]c(N2CCC(Cc3ccccc3)CC2)c(Cc2ccc(S(C)(=O)=O)cc2)c1=O. The molecule has 1 saturated heterocycles. The van der Waals surface area contributed by atoms with Crippen molar-refractivity contribution < 1.29 is 8.42 Å². The summed E-state index contributed by atoms with van der Waals surface area (Å²) in [4.78, 5) is 30.6. The fourth-order valence-electron chi connectivity index (χ4n) is 4.45. The van der Waals surface area contributed by atoms with E-state index < -0.39 is 15.5 Å². The third-order valence-electron chi connectivity index (χ3n) is 6.41. The first-order chi connectivity index (χ1) is 15.7. The van der Waals surface area contributed by atoms with E-state index in [1.54, 1.807) is 24.3 Å². The van der Waals surface area contributed by atoms with Crippen LogP contribution in [0.25, 0.3) is 0 Å². The summed E-state index contributed by atoms with van der Waals surface area (Å²) in [6, 6.07) is 17.0. The van der Waals surface area contributed by atoms with Gasteiger partial charge in [-0.05, 0) is 48.4 Å². The number of nitrogens with one attached hydrogen (secondary N) is 1. The predicted octanol–water partition coefficient (Wildman–Crippen LogP) is 2.53.